The molecule has 2 nitrogen and oxygen atoms in total. The average molecular weight is 194 g/mol. The molecule has 0 aliphatic heterocycles. The molecule has 0 saturated heterocycles. The fraction of sp³-hybridized carbons (Fsp3) is 0.182. The van der Waals surface area contributed by atoms with Crippen LogP contribution in [0.5, 0.6) is 0 Å². The van der Waals surface area contributed by atoms with Crippen LogP contribution in [-0.4, -0.2) is 19.5 Å². The lowest BCUT2D eigenvalue weighted by Crippen LogP contribution is -2.01. The van der Waals surface area contributed by atoms with Gasteiger partial charge in [0.2, 0.25) is 0 Å². The molecule has 1 aromatic carbocycles. The van der Waals surface area contributed by atoms with Crippen LogP contribution in [0, 0.1) is 5.82 Å². The van der Waals surface area contributed by atoms with Crippen molar-refractivity contribution in [2.75, 3.05) is 13.7 Å². The normalized spacial score (nSPS) is 10.7. The number of carbonyl (C=O) groups excluding carboxylic acids is 1. The molecule has 0 fully saturated rings. The monoisotopic (exact) mass is 194 g/mol. The summed E-state index contributed by atoms with van der Waals surface area (Å²) in [7, 11) is 1.46. The predicted octanol–water partition coefficient (Wildman–Crippen LogP) is 2.05. The van der Waals surface area contributed by atoms with Crippen LogP contribution in [0.3, 0.4) is 0 Å². The van der Waals surface area contributed by atoms with E-state index in [1.54, 1.807) is 18.2 Å². The van der Waals surface area contributed by atoms with Gasteiger partial charge in [0.1, 0.15) is 12.4 Å². The number of ketones is 1. The minimum absolute atomic E-state index is 0.0672. The van der Waals surface area contributed by atoms with Crippen molar-refractivity contribution in [3.8, 4) is 0 Å². The molecule has 74 valence electrons. The van der Waals surface area contributed by atoms with E-state index in [1.807, 2.05) is 0 Å². The first kappa shape index (κ1) is 10.6. The Balaban J connectivity index is 2.60. The molecule has 0 spiro atoms. The van der Waals surface area contributed by atoms with Crippen molar-refractivity contribution in [1.29, 1.82) is 0 Å². The molecule has 0 aliphatic rings. The first-order chi connectivity index (χ1) is 6.72. The molecule has 1 rings (SSSR count). The summed E-state index contributed by atoms with van der Waals surface area (Å²) < 4.78 is 17.1. The molecule has 0 aliphatic carbocycles. The van der Waals surface area contributed by atoms with E-state index >= 15 is 0 Å². The summed E-state index contributed by atoms with van der Waals surface area (Å²) in [5.41, 5.74) is 0.788. The van der Waals surface area contributed by atoms with Crippen molar-refractivity contribution in [2.45, 2.75) is 0 Å². The Morgan fingerprint density at radius 1 is 1.43 bits per heavy atom. The highest BCUT2D eigenvalue weighted by Gasteiger charge is 1.94. The molecule has 0 amide bonds. The van der Waals surface area contributed by atoms with Crippen LogP contribution < -0.4 is 0 Å². The highest BCUT2D eigenvalue weighted by Crippen LogP contribution is 2.04. The molecule has 0 saturated carbocycles. The molecule has 3 heteroatoms. The van der Waals surface area contributed by atoms with E-state index in [9.17, 15) is 9.18 Å². The van der Waals surface area contributed by atoms with E-state index in [0.29, 0.717) is 0 Å². The molecule has 0 aromatic heterocycles. The van der Waals surface area contributed by atoms with E-state index < -0.39 is 0 Å². The Kier molecular flexibility index (Phi) is 4.01. The lowest BCUT2D eigenvalue weighted by atomic mass is 10.2. The van der Waals surface area contributed by atoms with Gasteiger partial charge in [-0.15, -0.1) is 0 Å². The number of hydrogen-bond acceptors (Lipinski definition) is 2. The first-order valence-electron chi connectivity index (χ1n) is 4.18. The Hall–Kier alpha value is -1.48. The van der Waals surface area contributed by atoms with Gasteiger partial charge in [0.15, 0.2) is 5.78 Å². The molecule has 0 radical (unpaired) electrons. The molecule has 0 atom stereocenters. The molecule has 0 bridgehead atoms. The van der Waals surface area contributed by atoms with Gasteiger partial charge in [-0.05, 0) is 23.8 Å². The first-order valence-corrected chi connectivity index (χ1v) is 4.18. The Morgan fingerprint density at radius 3 is 2.64 bits per heavy atom. The van der Waals surface area contributed by atoms with E-state index in [1.165, 1.54) is 25.3 Å². The van der Waals surface area contributed by atoms with Crippen LogP contribution in [0.4, 0.5) is 4.39 Å². The fourth-order valence-electron chi connectivity index (χ4n) is 0.953. The fourth-order valence-corrected chi connectivity index (χ4v) is 0.953. The van der Waals surface area contributed by atoms with Crippen molar-refractivity contribution < 1.29 is 13.9 Å². The van der Waals surface area contributed by atoms with Crippen molar-refractivity contribution in [3.05, 3.63) is 41.7 Å². The average Bonchev–Trinajstić information content (AvgIpc) is 2.17. The number of carbonyl (C=O) groups is 1. The van der Waals surface area contributed by atoms with Gasteiger partial charge in [0.05, 0.1) is 0 Å². The number of methoxy groups -OCH3 is 1. The van der Waals surface area contributed by atoms with Crippen LogP contribution >= 0.6 is 0 Å². The van der Waals surface area contributed by atoms with Gasteiger partial charge in [0, 0.05) is 7.11 Å². The summed E-state index contributed by atoms with van der Waals surface area (Å²) in [6, 6.07) is 5.90. The van der Waals surface area contributed by atoms with Gasteiger partial charge in [-0.3, -0.25) is 4.79 Å². The minimum Gasteiger partial charge on any atom is -0.377 e. The molecular weight excluding hydrogens is 183 g/mol. The Morgan fingerprint density at radius 2 is 2.07 bits per heavy atom. The zero-order chi connectivity index (χ0) is 10.4. The van der Waals surface area contributed by atoms with Crippen LogP contribution in [0.15, 0.2) is 30.3 Å². The summed E-state index contributed by atoms with van der Waals surface area (Å²) in [4.78, 5) is 11.0. The van der Waals surface area contributed by atoms with Gasteiger partial charge in [-0.25, -0.2) is 4.39 Å². The molecular formula is C11H11FO2. The summed E-state index contributed by atoms with van der Waals surface area (Å²) in [6.07, 6.45) is 3.04. The molecule has 0 heterocycles. The quantitative estimate of drug-likeness (QED) is 0.686. The van der Waals surface area contributed by atoms with Crippen LogP contribution in [0.25, 0.3) is 6.08 Å². The second-order valence-corrected chi connectivity index (χ2v) is 2.78. The minimum atomic E-state index is -0.287. The smallest absolute Gasteiger partial charge is 0.181 e. The largest absolute Gasteiger partial charge is 0.377 e. The molecule has 0 unspecified atom stereocenters. The van der Waals surface area contributed by atoms with E-state index in [0.717, 1.165) is 5.56 Å². The standard InChI is InChI=1S/C11H11FO2/c1-14-8-11(13)7-4-9-2-5-10(12)6-3-9/h2-7H,8H2,1H3. The van der Waals surface area contributed by atoms with Crippen LogP contribution in [0.2, 0.25) is 0 Å². The summed E-state index contributed by atoms with van der Waals surface area (Å²) in [5, 5.41) is 0. The summed E-state index contributed by atoms with van der Waals surface area (Å²) in [5.74, 6) is -0.401. The van der Waals surface area contributed by atoms with Crippen molar-refractivity contribution in [1.82, 2.24) is 0 Å². The second-order valence-electron chi connectivity index (χ2n) is 2.78. The third kappa shape index (κ3) is 3.49. The highest BCUT2D eigenvalue weighted by atomic mass is 19.1. The maximum absolute atomic E-state index is 12.5. The molecule has 14 heavy (non-hydrogen) atoms. The van der Waals surface area contributed by atoms with E-state index in [4.69, 9.17) is 0 Å². The van der Waals surface area contributed by atoms with Gasteiger partial charge in [0.25, 0.3) is 0 Å². The topological polar surface area (TPSA) is 26.3 Å². The third-order valence-corrected chi connectivity index (χ3v) is 1.62. The van der Waals surface area contributed by atoms with Crippen LogP contribution in [0.1, 0.15) is 5.56 Å². The second kappa shape index (κ2) is 5.29. The maximum atomic E-state index is 12.5. The SMILES string of the molecule is COCC(=O)C=Cc1ccc(F)cc1. The Bertz CT molecular complexity index is 328. The predicted molar refractivity (Wildman–Crippen MR) is 52.3 cm³/mol. The van der Waals surface area contributed by atoms with Crippen molar-refractivity contribution in [2.24, 2.45) is 0 Å². The Labute approximate surface area is 82.0 Å². The summed E-state index contributed by atoms with van der Waals surface area (Å²) in [6.45, 7) is 0.0672. The lowest BCUT2D eigenvalue weighted by Gasteiger charge is -1.93. The van der Waals surface area contributed by atoms with Crippen molar-refractivity contribution in [3.63, 3.8) is 0 Å². The maximum Gasteiger partial charge on any atom is 0.181 e. The number of rotatable bonds is 4. The number of halogens is 1. The van der Waals surface area contributed by atoms with Crippen molar-refractivity contribution >= 4 is 11.9 Å². The number of ether oxygens (including phenoxy) is 1. The van der Waals surface area contributed by atoms with Gasteiger partial charge in [-0.1, -0.05) is 18.2 Å². The third-order valence-electron chi connectivity index (χ3n) is 1.62. The van der Waals surface area contributed by atoms with Crippen LogP contribution in [-0.2, 0) is 9.53 Å². The highest BCUT2D eigenvalue weighted by molar-refractivity contribution is 5.94. The summed E-state index contributed by atoms with van der Waals surface area (Å²) >= 11 is 0. The zero-order valence-corrected chi connectivity index (χ0v) is 7.87. The number of hydrogen-bond donors (Lipinski definition) is 0. The zero-order valence-electron chi connectivity index (χ0n) is 7.87. The van der Waals surface area contributed by atoms with Gasteiger partial charge < -0.3 is 4.74 Å². The molecule has 0 N–H and O–H groups in total. The van der Waals surface area contributed by atoms with Gasteiger partial charge >= 0.3 is 0 Å². The molecule has 1 aromatic rings. The lowest BCUT2D eigenvalue weighted by molar-refractivity contribution is -0.117. The van der Waals surface area contributed by atoms with Gasteiger partial charge in [-0.2, -0.15) is 0 Å². The van der Waals surface area contributed by atoms with E-state index in [-0.39, 0.29) is 18.2 Å². The number of benzene rings is 1. The van der Waals surface area contributed by atoms with E-state index in [2.05, 4.69) is 4.74 Å².